The van der Waals surface area contributed by atoms with E-state index in [-0.39, 0.29) is 18.3 Å². The normalized spacial score (nSPS) is 10.7. The standard InChI is InChI=1S/C15H24N2O3S/c1-16(2)8-5-9-17(10-7-15(19)20-3)14(18)12-13-6-4-11-21-13/h4,6,11H,5,7-10,12H2,1-3H3. The summed E-state index contributed by atoms with van der Waals surface area (Å²) < 4.78 is 4.65. The smallest absolute Gasteiger partial charge is 0.307 e. The van der Waals surface area contributed by atoms with Gasteiger partial charge in [0.05, 0.1) is 20.0 Å². The van der Waals surface area contributed by atoms with Gasteiger partial charge in [0.25, 0.3) is 0 Å². The Bertz CT molecular complexity index is 432. The summed E-state index contributed by atoms with van der Waals surface area (Å²) in [5, 5.41) is 1.97. The molecule has 0 aliphatic rings. The molecule has 0 radical (unpaired) electrons. The van der Waals surface area contributed by atoms with Crippen molar-refractivity contribution in [3.63, 3.8) is 0 Å². The number of carbonyl (C=O) groups is 2. The average Bonchev–Trinajstić information content (AvgIpc) is 2.94. The molecule has 0 bridgehead atoms. The summed E-state index contributed by atoms with van der Waals surface area (Å²) in [7, 11) is 5.38. The fraction of sp³-hybridized carbons (Fsp3) is 0.600. The average molecular weight is 312 g/mol. The summed E-state index contributed by atoms with van der Waals surface area (Å²) in [5.74, 6) is -0.211. The van der Waals surface area contributed by atoms with Crippen molar-refractivity contribution in [1.82, 2.24) is 9.80 Å². The molecular weight excluding hydrogens is 288 g/mol. The van der Waals surface area contributed by atoms with Crippen LogP contribution < -0.4 is 0 Å². The minimum Gasteiger partial charge on any atom is -0.469 e. The second-order valence-electron chi connectivity index (χ2n) is 5.12. The van der Waals surface area contributed by atoms with Gasteiger partial charge in [0.1, 0.15) is 0 Å². The first-order chi connectivity index (χ1) is 10.0. The van der Waals surface area contributed by atoms with Crippen molar-refractivity contribution >= 4 is 23.2 Å². The maximum Gasteiger partial charge on any atom is 0.307 e. The molecular formula is C15H24N2O3S. The van der Waals surface area contributed by atoms with Crippen LogP contribution in [0, 0.1) is 0 Å². The predicted molar refractivity (Wildman–Crippen MR) is 84.4 cm³/mol. The molecule has 0 aliphatic heterocycles. The van der Waals surface area contributed by atoms with Crippen LogP contribution in [0.15, 0.2) is 17.5 Å². The Morgan fingerprint density at radius 1 is 1.24 bits per heavy atom. The summed E-state index contributed by atoms with van der Waals surface area (Å²) in [6.07, 6.45) is 1.54. The van der Waals surface area contributed by atoms with Crippen LogP contribution in [0.25, 0.3) is 0 Å². The van der Waals surface area contributed by atoms with Crippen LogP contribution in [0.2, 0.25) is 0 Å². The summed E-state index contributed by atoms with van der Waals surface area (Å²) in [6.45, 7) is 2.00. The number of ether oxygens (including phenoxy) is 1. The molecule has 118 valence electrons. The number of rotatable bonds is 9. The molecule has 0 N–H and O–H groups in total. The van der Waals surface area contributed by atoms with Crippen LogP contribution in [0.5, 0.6) is 0 Å². The van der Waals surface area contributed by atoms with Gasteiger partial charge in [0.15, 0.2) is 0 Å². The third-order valence-corrected chi connectivity index (χ3v) is 3.98. The van der Waals surface area contributed by atoms with E-state index in [1.165, 1.54) is 7.11 Å². The van der Waals surface area contributed by atoms with Crippen molar-refractivity contribution in [1.29, 1.82) is 0 Å². The number of methoxy groups -OCH3 is 1. The van der Waals surface area contributed by atoms with Gasteiger partial charge < -0.3 is 14.5 Å². The Labute approximate surface area is 130 Å². The summed E-state index contributed by atoms with van der Waals surface area (Å²) in [4.78, 5) is 28.5. The zero-order valence-corrected chi connectivity index (χ0v) is 13.8. The highest BCUT2D eigenvalue weighted by Crippen LogP contribution is 2.11. The van der Waals surface area contributed by atoms with Crippen LogP contribution in [-0.4, -0.2) is 62.5 Å². The molecule has 0 fully saturated rings. The Morgan fingerprint density at radius 3 is 2.57 bits per heavy atom. The lowest BCUT2D eigenvalue weighted by molar-refractivity contribution is -0.141. The fourth-order valence-corrected chi connectivity index (χ4v) is 2.64. The maximum absolute atomic E-state index is 12.4. The molecule has 21 heavy (non-hydrogen) atoms. The zero-order valence-electron chi connectivity index (χ0n) is 13.0. The van der Waals surface area contributed by atoms with Gasteiger partial charge >= 0.3 is 5.97 Å². The number of hydrogen-bond donors (Lipinski definition) is 0. The fourth-order valence-electron chi connectivity index (χ4n) is 1.94. The lowest BCUT2D eigenvalue weighted by Gasteiger charge is -2.23. The maximum atomic E-state index is 12.4. The van der Waals surface area contributed by atoms with Gasteiger partial charge in [0.2, 0.25) is 5.91 Å². The first-order valence-electron chi connectivity index (χ1n) is 7.04. The molecule has 0 saturated heterocycles. The van der Waals surface area contributed by atoms with Crippen molar-refractivity contribution in [3.05, 3.63) is 22.4 Å². The SMILES string of the molecule is COC(=O)CCN(CCCN(C)C)C(=O)Cc1cccs1. The monoisotopic (exact) mass is 312 g/mol. The Balaban J connectivity index is 2.52. The predicted octanol–water partition coefficient (Wildman–Crippen LogP) is 1.63. The van der Waals surface area contributed by atoms with E-state index in [9.17, 15) is 9.59 Å². The Hall–Kier alpha value is -1.40. The van der Waals surface area contributed by atoms with Crippen LogP contribution in [0.3, 0.4) is 0 Å². The highest BCUT2D eigenvalue weighted by Gasteiger charge is 2.16. The lowest BCUT2D eigenvalue weighted by Crippen LogP contribution is -2.36. The Morgan fingerprint density at radius 2 is 2.00 bits per heavy atom. The van der Waals surface area contributed by atoms with Gasteiger partial charge in [-0.2, -0.15) is 0 Å². The van der Waals surface area contributed by atoms with E-state index >= 15 is 0 Å². The number of amides is 1. The summed E-state index contributed by atoms with van der Waals surface area (Å²) in [6, 6.07) is 3.90. The lowest BCUT2D eigenvalue weighted by atomic mass is 10.2. The second-order valence-corrected chi connectivity index (χ2v) is 6.15. The molecule has 1 rings (SSSR count). The highest BCUT2D eigenvalue weighted by atomic mass is 32.1. The third kappa shape index (κ3) is 7.24. The van der Waals surface area contributed by atoms with Crippen LogP contribution in [0.4, 0.5) is 0 Å². The quantitative estimate of drug-likeness (QED) is 0.650. The van der Waals surface area contributed by atoms with Crippen LogP contribution >= 0.6 is 11.3 Å². The molecule has 1 amide bonds. The van der Waals surface area contributed by atoms with E-state index in [1.807, 2.05) is 31.6 Å². The van der Waals surface area contributed by atoms with E-state index in [4.69, 9.17) is 0 Å². The number of thiophene rings is 1. The van der Waals surface area contributed by atoms with E-state index in [1.54, 1.807) is 16.2 Å². The van der Waals surface area contributed by atoms with Gasteiger partial charge in [-0.15, -0.1) is 11.3 Å². The van der Waals surface area contributed by atoms with Gasteiger partial charge in [-0.3, -0.25) is 9.59 Å². The van der Waals surface area contributed by atoms with Crippen molar-refractivity contribution < 1.29 is 14.3 Å². The minimum absolute atomic E-state index is 0.0695. The molecule has 5 nitrogen and oxygen atoms in total. The highest BCUT2D eigenvalue weighted by molar-refractivity contribution is 7.10. The molecule has 0 saturated carbocycles. The van der Waals surface area contributed by atoms with Crippen molar-refractivity contribution in [3.8, 4) is 0 Å². The molecule has 0 atom stereocenters. The molecule has 1 aromatic rings. The number of esters is 1. The van der Waals surface area contributed by atoms with Gasteiger partial charge in [-0.05, 0) is 38.5 Å². The van der Waals surface area contributed by atoms with Crippen LogP contribution in [-0.2, 0) is 20.7 Å². The molecule has 0 spiro atoms. The largest absolute Gasteiger partial charge is 0.469 e. The first kappa shape index (κ1) is 17.7. The van der Waals surface area contributed by atoms with E-state index < -0.39 is 0 Å². The molecule has 1 aromatic heterocycles. The van der Waals surface area contributed by atoms with E-state index in [0.717, 1.165) is 17.8 Å². The number of hydrogen-bond acceptors (Lipinski definition) is 5. The summed E-state index contributed by atoms with van der Waals surface area (Å²) in [5.41, 5.74) is 0. The third-order valence-electron chi connectivity index (χ3n) is 3.11. The van der Waals surface area contributed by atoms with Crippen LogP contribution in [0.1, 0.15) is 17.7 Å². The van der Waals surface area contributed by atoms with Crippen molar-refractivity contribution in [2.45, 2.75) is 19.3 Å². The minimum atomic E-state index is -0.281. The topological polar surface area (TPSA) is 49.9 Å². The van der Waals surface area contributed by atoms with Gasteiger partial charge in [-0.25, -0.2) is 0 Å². The molecule has 6 heteroatoms. The van der Waals surface area contributed by atoms with Gasteiger partial charge in [-0.1, -0.05) is 6.07 Å². The van der Waals surface area contributed by atoms with E-state index in [2.05, 4.69) is 9.64 Å². The molecule has 0 unspecified atom stereocenters. The Kier molecular flexibility index (Phi) is 8.00. The van der Waals surface area contributed by atoms with Crippen molar-refractivity contribution in [2.24, 2.45) is 0 Å². The zero-order chi connectivity index (χ0) is 15.7. The van der Waals surface area contributed by atoms with Gasteiger partial charge in [0, 0.05) is 18.0 Å². The number of carbonyl (C=O) groups excluding carboxylic acids is 2. The molecule has 0 aliphatic carbocycles. The summed E-state index contributed by atoms with van der Waals surface area (Å²) >= 11 is 1.58. The number of nitrogens with zero attached hydrogens (tertiary/aromatic N) is 2. The first-order valence-corrected chi connectivity index (χ1v) is 7.92. The van der Waals surface area contributed by atoms with Crippen molar-refractivity contribution in [2.75, 3.05) is 40.8 Å². The second kappa shape index (κ2) is 9.52. The molecule has 1 heterocycles. The molecule has 0 aromatic carbocycles. The van der Waals surface area contributed by atoms with E-state index in [0.29, 0.717) is 19.5 Å².